The molecule has 1 N–H and O–H groups in total. The van der Waals surface area contributed by atoms with Crippen molar-refractivity contribution in [1.82, 2.24) is 23.9 Å². The molecule has 0 aliphatic carbocycles. The first-order valence-electron chi connectivity index (χ1n) is 8.95. The van der Waals surface area contributed by atoms with Gasteiger partial charge in [0.15, 0.2) is 0 Å². The minimum absolute atomic E-state index is 0.0197. The molecular weight excluding hydrogens is 358 g/mol. The molecule has 2 aromatic carbocycles. The molecular formula is C20H25N5OS. The first-order chi connectivity index (χ1) is 13.0. The van der Waals surface area contributed by atoms with Gasteiger partial charge in [0.2, 0.25) is 0 Å². The van der Waals surface area contributed by atoms with E-state index < -0.39 is 0 Å². The summed E-state index contributed by atoms with van der Waals surface area (Å²) in [5.74, 6) is 0. The number of fused-ring (bicyclic) bond motifs is 1. The van der Waals surface area contributed by atoms with E-state index >= 15 is 0 Å². The summed E-state index contributed by atoms with van der Waals surface area (Å²) >= 11 is 1.20. The topological polar surface area (TPSA) is 61.4 Å². The van der Waals surface area contributed by atoms with Crippen molar-refractivity contribution >= 4 is 28.8 Å². The lowest BCUT2D eigenvalue weighted by Crippen LogP contribution is -2.39. The molecule has 6 nitrogen and oxygen atoms in total. The predicted molar refractivity (Wildman–Crippen MR) is 110 cm³/mol. The average molecular weight is 384 g/mol. The van der Waals surface area contributed by atoms with Crippen molar-refractivity contribution in [2.75, 3.05) is 27.7 Å². The van der Waals surface area contributed by atoms with E-state index in [1.165, 1.54) is 11.7 Å². The fraction of sp³-hybridized carbons (Fsp3) is 0.350. The second-order valence-corrected chi connectivity index (χ2v) is 7.48. The van der Waals surface area contributed by atoms with Crippen LogP contribution in [0.1, 0.15) is 23.6 Å². The fourth-order valence-electron chi connectivity index (χ4n) is 2.93. The van der Waals surface area contributed by atoms with Gasteiger partial charge in [0.1, 0.15) is 11.0 Å². The Morgan fingerprint density at radius 3 is 2.56 bits per heavy atom. The van der Waals surface area contributed by atoms with Gasteiger partial charge in [-0.3, -0.25) is 0 Å². The summed E-state index contributed by atoms with van der Waals surface area (Å²) in [7, 11) is 5.89. The van der Waals surface area contributed by atoms with E-state index in [1.807, 2.05) is 57.5 Å². The van der Waals surface area contributed by atoms with E-state index in [0.717, 1.165) is 35.1 Å². The number of carbonyl (C=O) groups excluding carboxylic acids is 1. The molecule has 0 fully saturated rings. The number of aromatic nitrogens is 2. The van der Waals surface area contributed by atoms with E-state index in [1.54, 1.807) is 4.90 Å². The third-order valence-corrected chi connectivity index (χ3v) is 5.01. The Hall–Kier alpha value is -2.51. The Morgan fingerprint density at radius 1 is 1.07 bits per heavy atom. The monoisotopic (exact) mass is 383 g/mol. The lowest BCUT2D eigenvalue weighted by molar-refractivity contribution is 0.201. The minimum atomic E-state index is -0.0842. The number of nitrogens with zero attached hydrogens (tertiary/aromatic N) is 4. The van der Waals surface area contributed by atoms with Crippen LogP contribution in [-0.2, 0) is 6.54 Å². The number of amides is 2. The zero-order chi connectivity index (χ0) is 19.2. The number of rotatable bonds is 7. The smallest absolute Gasteiger partial charge is 0.317 e. The van der Waals surface area contributed by atoms with Crippen LogP contribution in [0.4, 0.5) is 4.79 Å². The third kappa shape index (κ3) is 5.24. The third-order valence-electron chi connectivity index (χ3n) is 4.45. The van der Waals surface area contributed by atoms with E-state index in [2.05, 4.69) is 31.1 Å². The molecule has 3 rings (SSSR count). The molecule has 0 spiro atoms. The lowest BCUT2D eigenvalue weighted by Gasteiger charge is -2.25. The van der Waals surface area contributed by atoms with Crippen LogP contribution in [-0.4, -0.2) is 52.3 Å². The zero-order valence-electron chi connectivity index (χ0n) is 15.9. The van der Waals surface area contributed by atoms with Gasteiger partial charge in [-0.05, 0) is 50.3 Å². The maximum atomic E-state index is 12.8. The van der Waals surface area contributed by atoms with Crippen LogP contribution in [0, 0.1) is 0 Å². The van der Waals surface area contributed by atoms with Crippen molar-refractivity contribution in [2.24, 2.45) is 0 Å². The molecule has 0 saturated carbocycles. The highest BCUT2D eigenvalue weighted by Gasteiger charge is 2.17. The van der Waals surface area contributed by atoms with Crippen molar-refractivity contribution in [2.45, 2.75) is 19.0 Å². The maximum Gasteiger partial charge on any atom is 0.317 e. The van der Waals surface area contributed by atoms with Gasteiger partial charge in [0.25, 0.3) is 0 Å². The van der Waals surface area contributed by atoms with E-state index in [9.17, 15) is 4.79 Å². The Labute approximate surface area is 164 Å². The average Bonchev–Trinajstić information content (AvgIpc) is 3.13. The van der Waals surface area contributed by atoms with Crippen molar-refractivity contribution in [1.29, 1.82) is 0 Å². The highest BCUT2D eigenvalue weighted by Crippen LogP contribution is 2.18. The Kier molecular flexibility index (Phi) is 6.36. The summed E-state index contributed by atoms with van der Waals surface area (Å²) in [6.07, 6.45) is 0.854. The summed E-state index contributed by atoms with van der Waals surface area (Å²) in [5.41, 5.74) is 3.93. The summed E-state index contributed by atoms with van der Waals surface area (Å²) in [6, 6.07) is 15.9. The molecule has 27 heavy (non-hydrogen) atoms. The first-order valence-corrected chi connectivity index (χ1v) is 9.68. The normalized spacial score (nSPS) is 12.3. The van der Waals surface area contributed by atoms with Gasteiger partial charge in [0, 0.05) is 13.6 Å². The van der Waals surface area contributed by atoms with E-state index in [4.69, 9.17) is 0 Å². The summed E-state index contributed by atoms with van der Waals surface area (Å²) in [5, 5.41) is 3.18. The summed E-state index contributed by atoms with van der Waals surface area (Å²) in [4.78, 5) is 16.6. The van der Waals surface area contributed by atoms with Crippen molar-refractivity contribution in [3.8, 4) is 0 Å². The highest BCUT2D eigenvalue weighted by molar-refractivity contribution is 7.00. The second-order valence-electron chi connectivity index (χ2n) is 6.95. The minimum Gasteiger partial charge on any atom is -0.331 e. The number of hydrogen-bond acceptors (Lipinski definition) is 5. The quantitative estimate of drug-likeness (QED) is 0.678. The van der Waals surface area contributed by atoms with Crippen LogP contribution in [0.25, 0.3) is 11.0 Å². The fourth-order valence-corrected chi connectivity index (χ4v) is 3.44. The lowest BCUT2D eigenvalue weighted by atomic mass is 10.0. The Morgan fingerprint density at radius 2 is 1.81 bits per heavy atom. The number of nitrogens with one attached hydrogen (secondary N) is 1. The Bertz CT molecular complexity index is 880. The van der Waals surface area contributed by atoms with Crippen LogP contribution in [0.5, 0.6) is 0 Å². The van der Waals surface area contributed by atoms with Gasteiger partial charge >= 0.3 is 6.03 Å². The maximum absolute atomic E-state index is 12.8. The number of carbonyl (C=O) groups is 1. The molecule has 0 unspecified atom stereocenters. The molecule has 0 bridgehead atoms. The van der Waals surface area contributed by atoms with Gasteiger partial charge in [-0.1, -0.05) is 36.4 Å². The molecule has 0 aliphatic heterocycles. The van der Waals surface area contributed by atoms with Gasteiger partial charge in [-0.2, -0.15) is 8.75 Å². The standard InChI is InChI=1S/C20H25N5OS/c1-24(2)12-11-17(16-7-5-4-6-8-16)21-20(26)25(3)14-15-9-10-18-19(13-15)23-27-22-18/h4-10,13,17H,11-12,14H2,1-3H3,(H,21,26)/t17-/m0/s1. The number of urea groups is 1. The highest BCUT2D eigenvalue weighted by atomic mass is 32.1. The zero-order valence-corrected chi connectivity index (χ0v) is 16.7. The molecule has 142 valence electrons. The molecule has 1 aromatic heterocycles. The molecule has 3 aromatic rings. The number of benzene rings is 2. The largest absolute Gasteiger partial charge is 0.331 e. The summed E-state index contributed by atoms with van der Waals surface area (Å²) in [6.45, 7) is 1.42. The molecule has 7 heteroatoms. The van der Waals surface area contributed by atoms with Crippen molar-refractivity contribution < 1.29 is 4.79 Å². The predicted octanol–water partition coefficient (Wildman–Crippen LogP) is 3.53. The van der Waals surface area contributed by atoms with Crippen molar-refractivity contribution in [3.63, 3.8) is 0 Å². The molecule has 1 atom stereocenters. The first kappa shape index (κ1) is 19.3. The molecule has 1 heterocycles. The van der Waals surface area contributed by atoms with Gasteiger partial charge < -0.3 is 15.1 Å². The van der Waals surface area contributed by atoms with Gasteiger partial charge in [-0.25, -0.2) is 4.79 Å². The van der Waals surface area contributed by atoms with E-state index in [-0.39, 0.29) is 12.1 Å². The van der Waals surface area contributed by atoms with Crippen LogP contribution in [0.2, 0.25) is 0 Å². The molecule has 2 amide bonds. The van der Waals surface area contributed by atoms with Crippen LogP contribution >= 0.6 is 11.7 Å². The Balaban J connectivity index is 1.66. The number of hydrogen-bond donors (Lipinski definition) is 1. The second kappa shape index (κ2) is 8.92. The van der Waals surface area contributed by atoms with Gasteiger partial charge in [-0.15, -0.1) is 0 Å². The van der Waals surface area contributed by atoms with Gasteiger partial charge in [0.05, 0.1) is 17.8 Å². The molecule has 0 aliphatic rings. The SMILES string of the molecule is CN(C)CC[C@H](NC(=O)N(C)Cc1ccc2nsnc2c1)c1ccccc1. The molecule has 0 saturated heterocycles. The summed E-state index contributed by atoms with van der Waals surface area (Å²) < 4.78 is 8.48. The molecule has 0 radical (unpaired) electrons. The van der Waals surface area contributed by atoms with E-state index in [0.29, 0.717) is 6.54 Å². The van der Waals surface area contributed by atoms with Crippen molar-refractivity contribution in [3.05, 3.63) is 59.7 Å². The van der Waals surface area contributed by atoms with Crippen LogP contribution in [0.3, 0.4) is 0 Å². The van der Waals surface area contributed by atoms with Crippen LogP contribution < -0.4 is 5.32 Å². The van der Waals surface area contributed by atoms with Crippen LogP contribution in [0.15, 0.2) is 48.5 Å².